The summed E-state index contributed by atoms with van der Waals surface area (Å²) >= 11 is 0. The predicted molar refractivity (Wildman–Crippen MR) is 89.3 cm³/mol. The van der Waals surface area contributed by atoms with Crippen molar-refractivity contribution >= 4 is 22.0 Å². The number of carboxylic acid groups (broad SMARTS) is 1. The van der Waals surface area contributed by atoms with E-state index < -0.39 is 46.1 Å². The van der Waals surface area contributed by atoms with Crippen LogP contribution in [0.2, 0.25) is 0 Å². The van der Waals surface area contributed by atoms with E-state index in [0.717, 1.165) is 18.4 Å². The van der Waals surface area contributed by atoms with Crippen molar-refractivity contribution in [3.8, 4) is 0 Å². The molecule has 7 nitrogen and oxygen atoms in total. The van der Waals surface area contributed by atoms with E-state index in [1.807, 2.05) is 13.0 Å². The van der Waals surface area contributed by atoms with Gasteiger partial charge in [-0.15, -0.1) is 0 Å². The van der Waals surface area contributed by atoms with E-state index >= 15 is 0 Å². The lowest BCUT2D eigenvalue weighted by molar-refractivity contribution is -0.142. The molecule has 1 unspecified atom stereocenters. The SMILES string of the molecule is CCCCC(C(=O)N[C@@H](CCS(=O)(=O)O)C(=O)O)c1ccccc1. The maximum atomic E-state index is 12.5. The van der Waals surface area contributed by atoms with Gasteiger partial charge in [0.1, 0.15) is 6.04 Å². The van der Waals surface area contributed by atoms with Gasteiger partial charge >= 0.3 is 5.97 Å². The summed E-state index contributed by atoms with van der Waals surface area (Å²) in [7, 11) is -4.29. The van der Waals surface area contributed by atoms with Crippen molar-refractivity contribution in [3.05, 3.63) is 35.9 Å². The fourth-order valence-electron chi connectivity index (χ4n) is 2.34. The van der Waals surface area contributed by atoms with Gasteiger partial charge in [0.15, 0.2) is 0 Å². The van der Waals surface area contributed by atoms with Crippen LogP contribution in [0.4, 0.5) is 0 Å². The van der Waals surface area contributed by atoms with E-state index in [1.165, 1.54) is 0 Å². The van der Waals surface area contributed by atoms with Gasteiger partial charge in [-0.3, -0.25) is 9.35 Å². The second-order valence-electron chi connectivity index (χ2n) is 5.58. The van der Waals surface area contributed by atoms with Gasteiger partial charge in [0.25, 0.3) is 10.1 Å². The molecule has 8 heteroatoms. The number of carbonyl (C=O) groups is 2. The summed E-state index contributed by atoms with van der Waals surface area (Å²) in [6.45, 7) is 1.99. The van der Waals surface area contributed by atoms with Crippen molar-refractivity contribution in [2.24, 2.45) is 0 Å². The van der Waals surface area contributed by atoms with Crippen LogP contribution >= 0.6 is 0 Å². The molecular weight excluding hydrogens is 334 g/mol. The average Bonchev–Trinajstić information content (AvgIpc) is 2.51. The average molecular weight is 357 g/mol. The zero-order chi connectivity index (χ0) is 18.2. The Kier molecular flexibility index (Phi) is 7.87. The van der Waals surface area contributed by atoms with Crippen molar-refractivity contribution in [1.82, 2.24) is 5.32 Å². The molecule has 0 aliphatic rings. The van der Waals surface area contributed by atoms with Crippen LogP contribution in [0, 0.1) is 0 Å². The van der Waals surface area contributed by atoms with Gasteiger partial charge in [-0.05, 0) is 18.4 Å². The van der Waals surface area contributed by atoms with E-state index in [2.05, 4.69) is 5.32 Å². The number of hydrogen-bond acceptors (Lipinski definition) is 4. The lowest BCUT2D eigenvalue weighted by atomic mass is 9.92. The van der Waals surface area contributed by atoms with Crippen LogP contribution in [0.25, 0.3) is 0 Å². The van der Waals surface area contributed by atoms with E-state index in [-0.39, 0.29) is 0 Å². The minimum Gasteiger partial charge on any atom is -0.480 e. The van der Waals surface area contributed by atoms with E-state index in [9.17, 15) is 18.0 Å². The summed E-state index contributed by atoms with van der Waals surface area (Å²) in [5, 5.41) is 11.5. The van der Waals surface area contributed by atoms with Crippen LogP contribution in [0.15, 0.2) is 30.3 Å². The minimum absolute atomic E-state index is 0.394. The number of benzene rings is 1. The number of carbonyl (C=O) groups excluding carboxylic acids is 1. The molecule has 0 spiro atoms. The number of aliphatic carboxylic acids is 1. The van der Waals surface area contributed by atoms with Crippen LogP contribution in [-0.2, 0) is 19.7 Å². The van der Waals surface area contributed by atoms with Gasteiger partial charge in [0, 0.05) is 0 Å². The van der Waals surface area contributed by atoms with Crippen molar-refractivity contribution < 1.29 is 27.7 Å². The second-order valence-corrected chi connectivity index (χ2v) is 7.15. The molecule has 0 heterocycles. The summed E-state index contributed by atoms with van der Waals surface area (Å²) < 4.78 is 30.3. The number of nitrogens with one attached hydrogen (secondary N) is 1. The quantitative estimate of drug-likeness (QED) is 0.549. The van der Waals surface area contributed by atoms with Gasteiger partial charge in [-0.25, -0.2) is 4.79 Å². The van der Waals surface area contributed by atoms with Gasteiger partial charge < -0.3 is 10.4 Å². The van der Waals surface area contributed by atoms with Gasteiger partial charge in [0.05, 0.1) is 11.7 Å². The molecule has 0 aromatic heterocycles. The normalized spacial score (nSPS) is 13.9. The number of carboxylic acids is 1. The monoisotopic (exact) mass is 357 g/mol. The molecule has 3 N–H and O–H groups in total. The Bertz CT molecular complexity index is 644. The fourth-order valence-corrected chi connectivity index (χ4v) is 2.87. The highest BCUT2D eigenvalue weighted by atomic mass is 32.2. The van der Waals surface area contributed by atoms with Crippen LogP contribution < -0.4 is 5.32 Å². The smallest absolute Gasteiger partial charge is 0.326 e. The highest BCUT2D eigenvalue weighted by Crippen LogP contribution is 2.22. The molecule has 24 heavy (non-hydrogen) atoms. The maximum absolute atomic E-state index is 12.5. The maximum Gasteiger partial charge on any atom is 0.326 e. The molecular formula is C16H23NO6S. The predicted octanol–water partition coefficient (Wildman–Crippen LogP) is 1.81. The van der Waals surface area contributed by atoms with Crippen LogP contribution in [-0.4, -0.2) is 41.7 Å². The second kappa shape index (κ2) is 9.39. The standard InChI is InChI=1S/C16H23NO6S/c1-2-3-9-13(12-7-5-4-6-8-12)15(18)17-14(16(19)20)10-11-24(21,22)23/h4-8,13-14H,2-3,9-11H2,1H3,(H,17,18)(H,19,20)(H,21,22,23)/t13?,14-/m0/s1. The first kappa shape index (κ1) is 20.1. The zero-order valence-corrected chi connectivity index (χ0v) is 14.3. The molecule has 1 rings (SSSR count). The Hall–Kier alpha value is -1.93. The Morgan fingerprint density at radius 3 is 2.29 bits per heavy atom. The summed E-state index contributed by atoms with van der Waals surface area (Å²) in [6.07, 6.45) is 1.86. The molecule has 2 atom stereocenters. The fraction of sp³-hybridized carbons (Fsp3) is 0.500. The Labute approximate surface area is 141 Å². The third-order valence-electron chi connectivity index (χ3n) is 3.64. The third kappa shape index (κ3) is 7.10. The van der Waals surface area contributed by atoms with Crippen LogP contribution in [0.3, 0.4) is 0 Å². The van der Waals surface area contributed by atoms with Gasteiger partial charge in [-0.1, -0.05) is 50.1 Å². The molecule has 134 valence electrons. The van der Waals surface area contributed by atoms with E-state index in [1.54, 1.807) is 24.3 Å². The van der Waals surface area contributed by atoms with Crippen LogP contribution in [0.1, 0.15) is 44.1 Å². The molecule has 0 bridgehead atoms. The van der Waals surface area contributed by atoms with Crippen molar-refractivity contribution in [3.63, 3.8) is 0 Å². The lowest BCUT2D eigenvalue weighted by Crippen LogP contribution is -2.44. The first-order valence-electron chi connectivity index (χ1n) is 7.78. The van der Waals surface area contributed by atoms with E-state index in [4.69, 9.17) is 9.66 Å². The molecule has 0 fully saturated rings. The zero-order valence-electron chi connectivity index (χ0n) is 13.5. The summed E-state index contributed by atoms with van der Waals surface area (Å²) in [5.74, 6) is -3.03. The number of unbranched alkanes of at least 4 members (excludes halogenated alkanes) is 1. The third-order valence-corrected chi connectivity index (χ3v) is 4.40. The molecule has 1 aromatic rings. The summed E-state index contributed by atoms with van der Waals surface area (Å²) in [4.78, 5) is 23.7. The van der Waals surface area contributed by atoms with Gasteiger partial charge in [-0.2, -0.15) is 8.42 Å². The first-order chi connectivity index (χ1) is 11.2. The lowest BCUT2D eigenvalue weighted by Gasteiger charge is -2.20. The highest BCUT2D eigenvalue weighted by Gasteiger charge is 2.27. The molecule has 0 aliphatic carbocycles. The number of amides is 1. The summed E-state index contributed by atoms with van der Waals surface area (Å²) in [6, 6.07) is 7.65. The van der Waals surface area contributed by atoms with Crippen molar-refractivity contribution in [1.29, 1.82) is 0 Å². The number of rotatable bonds is 10. The first-order valence-corrected chi connectivity index (χ1v) is 9.38. The molecule has 1 amide bonds. The molecule has 0 radical (unpaired) electrons. The molecule has 1 aromatic carbocycles. The Morgan fingerprint density at radius 1 is 1.17 bits per heavy atom. The van der Waals surface area contributed by atoms with Gasteiger partial charge in [0.2, 0.25) is 5.91 Å². The Morgan fingerprint density at radius 2 is 1.79 bits per heavy atom. The highest BCUT2D eigenvalue weighted by molar-refractivity contribution is 7.85. The van der Waals surface area contributed by atoms with Crippen LogP contribution in [0.5, 0.6) is 0 Å². The minimum atomic E-state index is -4.29. The molecule has 0 saturated carbocycles. The van der Waals surface area contributed by atoms with E-state index in [0.29, 0.717) is 6.42 Å². The molecule has 0 aliphatic heterocycles. The summed E-state index contributed by atoms with van der Waals surface area (Å²) in [5.41, 5.74) is 0.780. The molecule has 0 saturated heterocycles. The number of hydrogen-bond donors (Lipinski definition) is 3. The van der Waals surface area contributed by atoms with Crippen molar-refractivity contribution in [2.75, 3.05) is 5.75 Å². The van der Waals surface area contributed by atoms with Crippen molar-refractivity contribution in [2.45, 2.75) is 44.6 Å². The largest absolute Gasteiger partial charge is 0.480 e. The topological polar surface area (TPSA) is 121 Å². The Balaban J connectivity index is 2.86.